The van der Waals surface area contributed by atoms with E-state index in [9.17, 15) is 21.6 Å². The van der Waals surface area contributed by atoms with Crippen molar-refractivity contribution in [2.75, 3.05) is 32.8 Å². The molecule has 1 unspecified atom stereocenters. The minimum atomic E-state index is -4.81. The standard InChI is InChI=1S/C14H19F3N2O4S/c1-11(19-6-8-22-9-7-19)10-18-24(20,21)13-4-2-12(3-5-13)23-14(15,16)17/h2-5,11,18H,6-10H2,1H3. The van der Waals surface area contributed by atoms with Crippen molar-refractivity contribution in [1.82, 2.24) is 9.62 Å². The van der Waals surface area contributed by atoms with Gasteiger partial charge in [0.25, 0.3) is 0 Å². The largest absolute Gasteiger partial charge is 0.573 e. The second-order valence-corrected chi connectivity index (χ2v) is 7.14. The van der Waals surface area contributed by atoms with Crippen LogP contribution in [-0.4, -0.2) is 58.6 Å². The number of sulfonamides is 1. The van der Waals surface area contributed by atoms with Crippen molar-refractivity contribution in [3.63, 3.8) is 0 Å². The molecule has 0 aromatic heterocycles. The lowest BCUT2D eigenvalue weighted by molar-refractivity contribution is -0.274. The van der Waals surface area contributed by atoms with E-state index in [0.29, 0.717) is 13.2 Å². The zero-order chi connectivity index (χ0) is 17.8. The molecule has 24 heavy (non-hydrogen) atoms. The summed E-state index contributed by atoms with van der Waals surface area (Å²) in [5.74, 6) is -0.469. The first-order valence-corrected chi connectivity index (χ1v) is 8.83. The fourth-order valence-corrected chi connectivity index (χ4v) is 3.40. The number of rotatable bonds is 6. The van der Waals surface area contributed by atoms with E-state index in [2.05, 4.69) is 14.4 Å². The summed E-state index contributed by atoms with van der Waals surface area (Å²) in [6.45, 7) is 4.77. The average molecular weight is 368 g/mol. The fourth-order valence-electron chi connectivity index (χ4n) is 2.28. The summed E-state index contributed by atoms with van der Waals surface area (Å²) < 4.78 is 72.1. The molecule has 1 aromatic rings. The van der Waals surface area contributed by atoms with Crippen LogP contribution >= 0.6 is 0 Å². The van der Waals surface area contributed by atoms with Gasteiger partial charge in [-0.15, -0.1) is 13.2 Å². The molecule has 1 N–H and O–H groups in total. The molecular formula is C14H19F3N2O4S. The first-order valence-electron chi connectivity index (χ1n) is 7.35. The Morgan fingerprint density at radius 1 is 1.25 bits per heavy atom. The van der Waals surface area contributed by atoms with Crippen LogP contribution in [-0.2, 0) is 14.8 Å². The van der Waals surface area contributed by atoms with E-state index in [1.54, 1.807) is 0 Å². The lowest BCUT2D eigenvalue weighted by Crippen LogP contribution is -2.47. The van der Waals surface area contributed by atoms with E-state index in [4.69, 9.17) is 4.74 Å². The molecule has 0 bridgehead atoms. The Balaban J connectivity index is 1.94. The summed E-state index contributed by atoms with van der Waals surface area (Å²) in [7, 11) is -3.80. The number of nitrogens with one attached hydrogen (secondary N) is 1. The van der Waals surface area contributed by atoms with Gasteiger partial charge in [-0.3, -0.25) is 4.90 Å². The van der Waals surface area contributed by atoms with Gasteiger partial charge in [-0.05, 0) is 31.2 Å². The molecule has 1 heterocycles. The molecule has 1 atom stereocenters. The molecule has 10 heteroatoms. The van der Waals surface area contributed by atoms with Crippen LogP contribution in [0.5, 0.6) is 5.75 Å². The van der Waals surface area contributed by atoms with Crippen molar-refractivity contribution in [2.24, 2.45) is 0 Å². The second-order valence-electron chi connectivity index (χ2n) is 5.37. The third-order valence-corrected chi connectivity index (χ3v) is 5.04. The SMILES string of the molecule is CC(CNS(=O)(=O)c1ccc(OC(F)(F)F)cc1)N1CCOCC1. The maximum atomic E-state index is 12.2. The summed E-state index contributed by atoms with van der Waals surface area (Å²) in [5, 5.41) is 0. The number of halogens is 3. The Kier molecular flexibility index (Phi) is 6.07. The van der Waals surface area contributed by atoms with Crippen molar-refractivity contribution in [2.45, 2.75) is 24.2 Å². The monoisotopic (exact) mass is 368 g/mol. The highest BCUT2D eigenvalue weighted by atomic mass is 32.2. The highest BCUT2D eigenvalue weighted by molar-refractivity contribution is 7.89. The van der Waals surface area contributed by atoms with Gasteiger partial charge in [-0.2, -0.15) is 0 Å². The first-order chi connectivity index (χ1) is 11.2. The van der Waals surface area contributed by atoms with Gasteiger partial charge in [0.2, 0.25) is 10.0 Å². The highest BCUT2D eigenvalue weighted by Gasteiger charge is 2.31. The minimum Gasteiger partial charge on any atom is -0.406 e. The Morgan fingerprint density at radius 2 is 1.83 bits per heavy atom. The third-order valence-electron chi connectivity index (χ3n) is 3.61. The predicted molar refractivity (Wildman–Crippen MR) is 80.2 cm³/mol. The number of morpholine rings is 1. The number of alkyl halides is 3. The zero-order valence-electron chi connectivity index (χ0n) is 13.0. The molecule has 136 valence electrons. The van der Waals surface area contributed by atoms with Crippen molar-refractivity contribution in [1.29, 1.82) is 0 Å². The number of benzene rings is 1. The van der Waals surface area contributed by atoms with Gasteiger partial charge in [0.1, 0.15) is 5.75 Å². The maximum Gasteiger partial charge on any atom is 0.573 e. The number of nitrogens with zero attached hydrogens (tertiary/aromatic N) is 1. The van der Waals surface area contributed by atoms with E-state index in [-0.39, 0.29) is 17.5 Å². The average Bonchev–Trinajstić information content (AvgIpc) is 2.52. The first kappa shape index (κ1) is 19.0. The van der Waals surface area contributed by atoms with E-state index in [0.717, 1.165) is 37.4 Å². The molecule has 0 saturated carbocycles. The smallest absolute Gasteiger partial charge is 0.406 e. The van der Waals surface area contributed by atoms with Crippen LogP contribution in [0.1, 0.15) is 6.92 Å². The van der Waals surface area contributed by atoms with Crippen molar-refractivity contribution >= 4 is 10.0 Å². The van der Waals surface area contributed by atoms with Crippen LogP contribution in [0.3, 0.4) is 0 Å². The summed E-state index contributed by atoms with van der Waals surface area (Å²) in [4.78, 5) is 1.98. The molecule has 0 radical (unpaired) electrons. The van der Waals surface area contributed by atoms with Crippen LogP contribution in [0.2, 0.25) is 0 Å². The molecule has 1 aliphatic heterocycles. The van der Waals surface area contributed by atoms with E-state index >= 15 is 0 Å². The Morgan fingerprint density at radius 3 is 2.38 bits per heavy atom. The van der Waals surface area contributed by atoms with E-state index in [1.165, 1.54) is 0 Å². The molecule has 0 aliphatic carbocycles. The van der Waals surface area contributed by atoms with Crippen molar-refractivity contribution in [3.05, 3.63) is 24.3 Å². The van der Waals surface area contributed by atoms with E-state index < -0.39 is 22.1 Å². The zero-order valence-corrected chi connectivity index (χ0v) is 13.9. The molecular weight excluding hydrogens is 349 g/mol. The van der Waals surface area contributed by atoms with Crippen LogP contribution in [0.15, 0.2) is 29.2 Å². The van der Waals surface area contributed by atoms with Gasteiger partial charge in [0, 0.05) is 25.7 Å². The Labute approximate surface area is 138 Å². The van der Waals surface area contributed by atoms with Crippen LogP contribution in [0, 0.1) is 0 Å². The molecule has 1 saturated heterocycles. The summed E-state index contributed by atoms with van der Waals surface area (Å²) in [6, 6.07) is 4.06. The quantitative estimate of drug-likeness (QED) is 0.826. The normalized spacial score (nSPS) is 18.3. The Bertz CT molecular complexity index is 628. The molecule has 2 rings (SSSR count). The van der Waals surface area contributed by atoms with Crippen molar-refractivity contribution < 1.29 is 31.1 Å². The summed E-state index contributed by atoms with van der Waals surface area (Å²) in [5.41, 5.74) is 0. The Hall–Kier alpha value is -1.36. The van der Waals surface area contributed by atoms with Crippen LogP contribution in [0.4, 0.5) is 13.2 Å². The lowest BCUT2D eigenvalue weighted by Gasteiger charge is -2.32. The van der Waals surface area contributed by atoms with E-state index in [1.807, 2.05) is 6.92 Å². The summed E-state index contributed by atoms with van der Waals surface area (Å²) in [6.07, 6.45) is -4.81. The van der Waals surface area contributed by atoms with Crippen LogP contribution < -0.4 is 9.46 Å². The van der Waals surface area contributed by atoms with Gasteiger partial charge in [-0.1, -0.05) is 0 Å². The van der Waals surface area contributed by atoms with Gasteiger partial charge in [0.15, 0.2) is 0 Å². The number of hydrogen-bond acceptors (Lipinski definition) is 5. The second kappa shape index (κ2) is 7.68. The van der Waals surface area contributed by atoms with Crippen LogP contribution in [0.25, 0.3) is 0 Å². The molecule has 1 aromatic carbocycles. The van der Waals surface area contributed by atoms with Crippen molar-refractivity contribution in [3.8, 4) is 5.75 Å². The predicted octanol–water partition coefficient (Wildman–Crippen LogP) is 1.58. The number of ether oxygens (including phenoxy) is 2. The lowest BCUT2D eigenvalue weighted by atomic mass is 10.2. The highest BCUT2D eigenvalue weighted by Crippen LogP contribution is 2.23. The minimum absolute atomic E-state index is 0.0171. The summed E-state index contributed by atoms with van der Waals surface area (Å²) >= 11 is 0. The van der Waals surface area contributed by atoms with Gasteiger partial charge in [-0.25, -0.2) is 13.1 Å². The maximum absolute atomic E-state index is 12.2. The topological polar surface area (TPSA) is 67.9 Å². The number of hydrogen-bond donors (Lipinski definition) is 1. The molecule has 1 fully saturated rings. The third kappa shape index (κ3) is 5.62. The van der Waals surface area contributed by atoms with Gasteiger partial charge < -0.3 is 9.47 Å². The molecule has 0 spiro atoms. The molecule has 1 aliphatic rings. The fraction of sp³-hybridized carbons (Fsp3) is 0.571. The van der Waals surface area contributed by atoms with Gasteiger partial charge >= 0.3 is 6.36 Å². The molecule has 0 amide bonds. The van der Waals surface area contributed by atoms with Gasteiger partial charge in [0.05, 0.1) is 18.1 Å². The molecule has 6 nitrogen and oxygen atoms in total.